The first kappa shape index (κ1) is 20.7. The van der Waals surface area contributed by atoms with Gasteiger partial charge in [0, 0.05) is 20.2 Å². The zero-order valence-electron chi connectivity index (χ0n) is 13.3. The topological polar surface area (TPSA) is 73.6 Å². The number of unbranched alkanes of at least 4 members (excludes halogenated alkanes) is 1. The lowest BCUT2D eigenvalue weighted by atomic mass is 10.2. The number of carbonyl (C=O) groups is 1. The highest BCUT2D eigenvalue weighted by Crippen LogP contribution is 2.11. The minimum atomic E-state index is -0.199. The maximum atomic E-state index is 11.6. The lowest BCUT2D eigenvalue weighted by Gasteiger charge is -2.12. The fourth-order valence-electron chi connectivity index (χ4n) is 1.82. The average molecular weight is 331 g/mol. The number of aryl methyl sites for hydroxylation is 1. The quantitative estimate of drug-likeness (QED) is 0.644. The zero-order chi connectivity index (χ0) is 15.5. The molecule has 0 spiro atoms. The predicted molar refractivity (Wildman–Crippen MR) is 90.6 cm³/mol. The van der Waals surface area contributed by atoms with Gasteiger partial charge in [-0.05, 0) is 31.9 Å². The first-order valence-electron chi connectivity index (χ1n) is 7.34. The summed E-state index contributed by atoms with van der Waals surface area (Å²) in [7, 11) is 1.56. The molecule has 22 heavy (non-hydrogen) atoms. The van der Waals surface area contributed by atoms with Gasteiger partial charge in [0.05, 0.1) is 19.1 Å². The van der Waals surface area contributed by atoms with Crippen molar-refractivity contribution < 1.29 is 14.3 Å². The van der Waals surface area contributed by atoms with Crippen LogP contribution >= 0.6 is 12.4 Å². The van der Waals surface area contributed by atoms with Crippen LogP contribution in [-0.4, -0.2) is 38.8 Å². The van der Waals surface area contributed by atoms with Crippen LogP contribution in [0.5, 0.6) is 5.75 Å². The van der Waals surface area contributed by atoms with Crippen molar-refractivity contribution in [1.29, 1.82) is 0 Å². The third-order valence-electron chi connectivity index (χ3n) is 3.19. The van der Waals surface area contributed by atoms with E-state index in [1.54, 1.807) is 7.11 Å². The van der Waals surface area contributed by atoms with Gasteiger partial charge in [-0.15, -0.1) is 12.4 Å². The average Bonchev–Trinajstić information content (AvgIpc) is 2.50. The number of halogens is 1. The Bertz CT molecular complexity index is 408. The van der Waals surface area contributed by atoms with E-state index in [1.165, 1.54) is 5.56 Å². The van der Waals surface area contributed by atoms with Crippen molar-refractivity contribution in [2.24, 2.45) is 5.73 Å². The summed E-state index contributed by atoms with van der Waals surface area (Å²) in [6.07, 6.45) is 1.90. The highest BCUT2D eigenvalue weighted by Gasteiger charge is 2.10. The Hall–Kier alpha value is -1.30. The molecule has 3 N–H and O–H groups in total. The van der Waals surface area contributed by atoms with Gasteiger partial charge in [0.25, 0.3) is 0 Å². The molecule has 0 fully saturated rings. The Labute approximate surface area is 139 Å². The maximum absolute atomic E-state index is 11.6. The summed E-state index contributed by atoms with van der Waals surface area (Å²) in [4.78, 5) is 11.6. The highest BCUT2D eigenvalue weighted by molar-refractivity contribution is 5.85. The summed E-state index contributed by atoms with van der Waals surface area (Å²) in [6, 6.07) is 7.99. The van der Waals surface area contributed by atoms with Gasteiger partial charge in [-0.25, -0.2) is 0 Å². The minimum absolute atomic E-state index is 0. The van der Waals surface area contributed by atoms with Crippen LogP contribution in [-0.2, 0) is 9.53 Å². The van der Waals surface area contributed by atoms with Crippen LogP contribution in [0.2, 0.25) is 0 Å². The van der Waals surface area contributed by atoms with E-state index in [9.17, 15) is 4.79 Å². The predicted octanol–water partition coefficient (Wildman–Crippen LogP) is 2.06. The molecule has 1 atom stereocenters. The molecule has 0 heterocycles. The molecule has 0 aliphatic heterocycles. The first-order valence-corrected chi connectivity index (χ1v) is 7.34. The van der Waals surface area contributed by atoms with Crippen molar-refractivity contribution in [2.45, 2.75) is 32.3 Å². The molecule has 0 saturated carbocycles. The van der Waals surface area contributed by atoms with Crippen LogP contribution in [0.15, 0.2) is 24.3 Å². The molecular weight excluding hydrogens is 304 g/mol. The molecule has 126 valence electrons. The van der Waals surface area contributed by atoms with Gasteiger partial charge in [0.2, 0.25) is 5.91 Å². The van der Waals surface area contributed by atoms with Crippen molar-refractivity contribution in [3.05, 3.63) is 29.8 Å². The maximum Gasteiger partial charge on any atom is 0.222 e. The molecule has 0 aliphatic carbocycles. The fraction of sp³-hybridized carbons (Fsp3) is 0.562. The van der Waals surface area contributed by atoms with E-state index in [-0.39, 0.29) is 24.4 Å². The van der Waals surface area contributed by atoms with Crippen LogP contribution in [0.1, 0.15) is 24.8 Å². The number of hydrogen-bond donors (Lipinski definition) is 2. The van der Waals surface area contributed by atoms with Gasteiger partial charge in [0.1, 0.15) is 5.75 Å². The summed E-state index contributed by atoms with van der Waals surface area (Å²) in [5.41, 5.74) is 6.69. The van der Waals surface area contributed by atoms with Gasteiger partial charge in [-0.1, -0.05) is 17.7 Å². The Balaban J connectivity index is 0.00000441. The lowest BCUT2D eigenvalue weighted by Crippen LogP contribution is -2.32. The number of nitrogens with one attached hydrogen (secondary N) is 1. The van der Waals surface area contributed by atoms with E-state index in [0.29, 0.717) is 26.1 Å². The molecule has 0 saturated heterocycles. The fourth-order valence-corrected chi connectivity index (χ4v) is 1.82. The number of nitrogens with two attached hydrogens (primary N) is 1. The van der Waals surface area contributed by atoms with Gasteiger partial charge >= 0.3 is 0 Å². The van der Waals surface area contributed by atoms with Gasteiger partial charge in [0.15, 0.2) is 0 Å². The Morgan fingerprint density at radius 1 is 1.27 bits per heavy atom. The summed E-state index contributed by atoms with van der Waals surface area (Å²) >= 11 is 0. The third kappa shape index (κ3) is 8.87. The third-order valence-corrected chi connectivity index (χ3v) is 3.19. The van der Waals surface area contributed by atoms with E-state index >= 15 is 0 Å². The molecule has 0 bridgehead atoms. The second kappa shape index (κ2) is 12.3. The van der Waals surface area contributed by atoms with Crippen LogP contribution in [0.25, 0.3) is 0 Å². The van der Waals surface area contributed by atoms with Crippen LogP contribution in [0.4, 0.5) is 0 Å². The number of hydrogen-bond acceptors (Lipinski definition) is 4. The molecular formula is C16H27ClN2O3. The standard InChI is InChI=1S/C16H26N2O3.ClH/c1-13-5-7-14(8-6-13)21-10-4-3-9-18-16(19)11-15(12-17)20-2;/h5-8,15H,3-4,9-12,17H2,1-2H3,(H,18,19);1H. The van der Waals surface area contributed by atoms with Crippen LogP contribution < -0.4 is 15.8 Å². The second-order valence-electron chi connectivity index (χ2n) is 5.02. The molecule has 1 aromatic rings. The number of amides is 1. The summed E-state index contributed by atoms with van der Waals surface area (Å²) in [5, 5.41) is 2.86. The van der Waals surface area contributed by atoms with Crippen molar-refractivity contribution >= 4 is 18.3 Å². The summed E-state index contributed by atoms with van der Waals surface area (Å²) < 4.78 is 10.7. The monoisotopic (exact) mass is 330 g/mol. The second-order valence-corrected chi connectivity index (χ2v) is 5.02. The molecule has 0 aromatic heterocycles. The van der Waals surface area contributed by atoms with Crippen LogP contribution in [0.3, 0.4) is 0 Å². The SMILES string of the molecule is COC(CN)CC(=O)NCCCCOc1ccc(C)cc1.Cl. The summed E-state index contributed by atoms with van der Waals surface area (Å²) in [5.74, 6) is 0.863. The lowest BCUT2D eigenvalue weighted by molar-refractivity contribution is -0.123. The van der Waals surface area contributed by atoms with Gasteiger partial charge < -0.3 is 20.5 Å². The van der Waals surface area contributed by atoms with E-state index in [2.05, 4.69) is 5.32 Å². The number of carbonyl (C=O) groups excluding carboxylic acids is 1. The van der Waals surface area contributed by atoms with Gasteiger partial charge in [-0.2, -0.15) is 0 Å². The van der Waals surface area contributed by atoms with Crippen molar-refractivity contribution in [3.63, 3.8) is 0 Å². The molecule has 1 aromatic carbocycles. The first-order chi connectivity index (χ1) is 10.2. The largest absolute Gasteiger partial charge is 0.494 e. The van der Waals surface area contributed by atoms with Crippen molar-refractivity contribution in [1.82, 2.24) is 5.32 Å². The molecule has 0 aliphatic rings. The highest BCUT2D eigenvalue weighted by atomic mass is 35.5. The normalized spacial score (nSPS) is 11.4. The molecule has 1 unspecified atom stereocenters. The van der Waals surface area contributed by atoms with Gasteiger partial charge in [-0.3, -0.25) is 4.79 Å². The van der Waals surface area contributed by atoms with Crippen molar-refractivity contribution in [3.8, 4) is 5.75 Å². The number of benzene rings is 1. The van der Waals surface area contributed by atoms with E-state index in [1.807, 2.05) is 31.2 Å². The number of methoxy groups -OCH3 is 1. The minimum Gasteiger partial charge on any atom is -0.494 e. The molecule has 1 rings (SSSR count). The Kier molecular flexibility index (Phi) is 11.5. The smallest absolute Gasteiger partial charge is 0.222 e. The number of rotatable bonds is 10. The van der Waals surface area contributed by atoms with E-state index < -0.39 is 0 Å². The van der Waals surface area contributed by atoms with E-state index in [0.717, 1.165) is 18.6 Å². The Morgan fingerprint density at radius 2 is 1.95 bits per heavy atom. The van der Waals surface area contributed by atoms with Crippen LogP contribution in [0, 0.1) is 6.92 Å². The number of ether oxygens (including phenoxy) is 2. The zero-order valence-corrected chi connectivity index (χ0v) is 14.2. The molecule has 5 nitrogen and oxygen atoms in total. The Morgan fingerprint density at radius 3 is 2.55 bits per heavy atom. The summed E-state index contributed by atoms with van der Waals surface area (Å²) in [6.45, 7) is 3.71. The molecule has 0 radical (unpaired) electrons. The molecule has 6 heteroatoms. The van der Waals surface area contributed by atoms with E-state index in [4.69, 9.17) is 15.2 Å². The molecule has 1 amide bonds. The van der Waals surface area contributed by atoms with Crippen molar-refractivity contribution in [2.75, 3.05) is 26.8 Å².